The average molecular weight is 299 g/mol. The smallest absolute Gasteiger partial charge is 0.286 e. The van der Waals surface area contributed by atoms with E-state index in [0.29, 0.717) is 4.88 Å². The van der Waals surface area contributed by atoms with E-state index in [4.69, 9.17) is 0 Å². The first-order chi connectivity index (χ1) is 9.51. The van der Waals surface area contributed by atoms with E-state index >= 15 is 0 Å². The number of nitrogens with one attached hydrogen (secondary N) is 1. The highest BCUT2D eigenvalue weighted by Gasteiger charge is 2.12. The van der Waals surface area contributed by atoms with Crippen LogP contribution in [0.1, 0.15) is 14.7 Å². The van der Waals surface area contributed by atoms with Gasteiger partial charge in [0.2, 0.25) is 0 Å². The van der Waals surface area contributed by atoms with E-state index in [2.05, 4.69) is 10.3 Å². The number of carbonyl (C=O) groups is 1. The zero-order valence-electron chi connectivity index (χ0n) is 10.5. The normalized spacial score (nSPS) is 10.6. The third-order valence-electron chi connectivity index (χ3n) is 2.47. The molecule has 0 spiro atoms. The van der Waals surface area contributed by atoms with Gasteiger partial charge in [-0.3, -0.25) is 9.59 Å². The number of aryl methyl sites for hydroxylation is 2. The highest BCUT2D eigenvalue weighted by Crippen LogP contribution is 2.14. The summed E-state index contributed by atoms with van der Waals surface area (Å²) >= 11 is 1.19. The Balaban J connectivity index is 2.25. The van der Waals surface area contributed by atoms with Crippen molar-refractivity contribution >= 4 is 22.9 Å². The average Bonchev–Trinajstić information content (AvgIpc) is 2.82. The highest BCUT2D eigenvalue weighted by atomic mass is 32.1. The molecule has 0 saturated heterocycles. The minimum absolute atomic E-state index is 0.0894. The third kappa shape index (κ3) is 3.08. The molecule has 106 valence electrons. The van der Waals surface area contributed by atoms with Gasteiger partial charge in [-0.05, 0) is 6.92 Å². The largest absolute Gasteiger partial charge is 0.320 e. The predicted octanol–water partition coefficient (Wildman–Crippen LogP) is 1.97. The first kappa shape index (κ1) is 14.3. The van der Waals surface area contributed by atoms with Crippen LogP contribution >= 0.6 is 11.3 Å². The van der Waals surface area contributed by atoms with Gasteiger partial charge in [-0.25, -0.2) is 13.8 Å². The number of carbonyl (C=O) groups excluding carboxylic acids is 1. The second kappa shape index (κ2) is 5.91. The quantitative estimate of drug-likeness (QED) is 0.939. The fraction of sp³-hybridized carbons (Fsp3) is 0.250. The minimum Gasteiger partial charge on any atom is -0.320 e. The fourth-order valence-corrected chi connectivity index (χ4v) is 2.26. The second-order valence-corrected chi connectivity index (χ2v) is 5.20. The van der Waals surface area contributed by atoms with Crippen LogP contribution in [0.2, 0.25) is 0 Å². The minimum atomic E-state index is -1.04. The summed E-state index contributed by atoms with van der Waals surface area (Å²) in [5.74, 6) is -1.50. The molecule has 0 radical (unpaired) electrons. The van der Waals surface area contributed by atoms with Gasteiger partial charge >= 0.3 is 0 Å². The van der Waals surface area contributed by atoms with Crippen LogP contribution in [0.4, 0.5) is 14.5 Å². The molecule has 0 aliphatic carbocycles. The summed E-state index contributed by atoms with van der Waals surface area (Å²) < 4.78 is 26.6. The van der Waals surface area contributed by atoms with E-state index in [1.807, 2.05) is 0 Å². The van der Waals surface area contributed by atoms with Crippen molar-refractivity contribution in [3.63, 3.8) is 0 Å². The Bertz CT molecular complexity index is 696. The number of alkyl halides is 1. The van der Waals surface area contributed by atoms with E-state index in [1.165, 1.54) is 23.7 Å². The van der Waals surface area contributed by atoms with E-state index in [9.17, 15) is 18.4 Å². The van der Waals surface area contributed by atoms with Gasteiger partial charge in [-0.2, -0.15) is 0 Å². The number of halogens is 2. The van der Waals surface area contributed by atoms with Crippen LogP contribution in [-0.2, 0) is 6.54 Å². The van der Waals surface area contributed by atoms with Crippen LogP contribution in [0.25, 0.3) is 0 Å². The highest BCUT2D eigenvalue weighted by molar-refractivity contribution is 7.13. The van der Waals surface area contributed by atoms with Crippen LogP contribution in [0.5, 0.6) is 0 Å². The van der Waals surface area contributed by atoms with Crippen LogP contribution in [-0.4, -0.2) is 22.1 Å². The maximum atomic E-state index is 13.4. The first-order valence-electron chi connectivity index (χ1n) is 5.71. The Hall–Kier alpha value is -2.09. The zero-order valence-corrected chi connectivity index (χ0v) is 11.3. The zero-order chi connectivity index (χ0) is 14.7. The van der Waals surface area contributed by atoms with Crippen molar-refractivity contribution in [2.45, 2.75) is 13.5 Å². The van der Waals surface area contributed by atoms with E-state index < -0.39 is 24.0 Å². The van der Waals surface area contributed by atoms with Gasteiger partial charge in [0.15, 0.2) is 5.82 Å². The third-order valence-corrected chi connectivity index (χ3v) is 3.38. The SMILES string of the molecule is Cc1ncc(C(=O)Nc2cc(F)c(=O)n(CCF)c2)s1. The molecule has 2 heterocycles. The Labute approximate surface area is 116 Å². The van der Waals surface area contributed by atoms with E-state index in [-0.39, 0.29) is 12.2 Å². The molecule has 2 aromatic heterocycles. The molecule has 1 N–H and O–H groups in total. The second-order valence-electron chi connectivity index (χ2n) is 3.96. The Morgan fingerprint density at radius 2 is 2.30 bits per heavy atom. The predicted molar refractivity (Wildman–Crippen MR) is 71.4 cm³/mol. The molecule has 0 bridgehead atoms. The molecular weight excluding hydrogens is 288 g/mol. The molecule has 0 saturated carbocycles. The Morgan fingerprint density at radius 1 is 1.55 bits per heavy atom. The van der Waals surface area contributed by atoms with Gasteiger partial charge in [0.1, 0.15) is 11.6 Å². The lowest BCUT2D eigenvalue weighted by Gasteiger charge is -2.08. The first-order valence-corrected chi connectivity index (χ1v) is 6.52. The molecule has 2 aromatic rings. The number of hydrogen-bond acceptors (Lipinski definition) is 4. The number of anilines is 1. The molecule has 0 aliphatic heterocycles. The summed E-state index contributed by atoms with van der Waals surface area (Å²) in [5, 5.41) is 3.17. The summed E-state index contributed by atoms with van der Waals surface area (Å²) in [4.78, 5) is 27.5. The number of amides is 1. The van der Waals surface area contributed by atoms with Gasteiger partial charge in [0, 0.05) is 12.3 Å². The van der Waals surface area contributed by atoms with Gasteiger partial charge in [-0.1, -0.05) is 0 Å². The van der Waals surface area contributed by atoms with E-state index in [0.717, 1.165) is 15.6 Å². The van der Waals surface area contributed by atoms with Crippen molar-refractivity contribution < 1.29 is 13.6 Å². The van der Waals surface area contributed by atoms with Crippen molar-refractivity contribution in [1.29, 1.82) is 0 Å². The van der Waals surface area contributed by atoms with Crippen molar-refractivity contribution in [3.8, 4) is 0 Å². The number of pyridine rings is 1. The van der Waals surface area contributed by atoms with Gasteiger partial charge < -0.3 is 9.88 Å². The lowest BCUT2D eigenvalue weighted by Crippen LogP contribution is -2.24. The van der Waals surface area contributed by atoms with Crippen molar-refractivity contribution in [2.24, 2.45) is 0 Å². The van der Waals surface area contributed by atoms with Crippen LogP contribution < -0.4 is 10.9 Å². The fourth-order valence-electron chi connectivity index (χ4n) is 1.58. The monoisotopic (exact) mass is 299 g/mol. The molecule has 5 nitrogen and oxygen atoms in total. The summed E-state index contributed by atoms with van der Waals surface area (Å²) in [7, 11) is 0. The van der Waals surface area contributed by atoms with Crippen molar-refractivity contribution in [2.75, 3.05) is 12.0 Å². The summed E-state index contributed by atoms with van der Waals surface area (Å²) in [6.07, 6.45) is 2.61. The molecule has 20 heavy (non-hydrogen) atoms. The number of aromatic nitrogens is 2. The number of nitrogens with zero attached hydrogens (tertiary/aromatic N) is 2. The van der Waals surface area contributed by atoms with Gasteiger partial charge in [0.05, 0.1) is 23.4 Å². The summed E-state index contributed by atoms with van der Waals surface area (Å²) in [6.45, 7) is 0.687. The van der Waals surface area contributed by atoms with Crippen molar-refractivity contribution in [1.82, 2.24) is 9.55 Å². The molecule has 0 fully saturated rings. The molecular formula is C12H11F2N3O2S. The Kier molecular flexibility index (Phi) is 4.23. The van der Waals surface area contributed by atoms with Crippen LogP contribution in [0.15, 0.2) is 23.3 Å². The van der Waals surface area contributed by atoms with Gasteiger partial charge in [-0.15, -0.1) is 11.3 Å². The Morgan fingerprint density at radius 3 is 2.90 bits per heavy atom. The van der Waals surface area contributed by atoms with Crippen LogP contribution in [0.3, 0.4) is 0 Å². The molecule has 2 rings (SSSR count). The molecule has 0 atom stereocenters. The summed E-state index contributed by atoms with van der Waals surface area (Å²) in [5.41, 5.74) is -0.833. The molecule has 0 aliphatic rings. The lowest BCUT2D eigenvalue weighted by atomic mass is 10.3. The standard InChI is InChI=1S/C12H11F2N3O2S/c1-7-15-5-10(20-7)11(18)16-8-4-9(14)12(19)17(6-8)3-2-13/h4-6H,2-3H2,1H3,(H,16,18). The molecule has 0 unspecified atom stereocenters. The lowest BCUT2D eigenvalue weighted by molar-refractivity contribution is 0.103. The maximum Gasteiger partial charge on any atom is 0.286 e. The molecule has 0 aromatic carbocycles. The summed E-state index contributed by atoms with van der Waals surface area (Å²) in [6, 6.07) is 0.906. The van der Waals surface area contributed by atoms with Crippen LogP contribution in [0, 0.1) is 12.7 Å². The number of hydrogen-bond donors (Lipinski definition) is 1. The topological polar surface area (TPSA) is 64.0 Å². The van der Waals surface area contributed by atoms with E-state index in [1.54, 1.807) is 6.92 Å². The van der Waals surface area contributed by atoms with Gasteiger partial charge in [0.25, 0.3) is 11.5 Å². The maximum absolute atomic E-state index is 13.4. The number of rotatable bonds is 4. The number of thiazole rings is 1. The molecule has 8 heteroatoms. The van der Waals surface area contributed by atoms with Crippen molar-refractivity contribution in [3.05, 3.63) is 44.5 Å². The molecule has 1 amide bonds.